The number of hydrogen-bond acceptors (Lipinski definition) is 4. The van der Waals surface area contributed by atoms with Crippen molar-refractivity contribution in [2.75, 3.05) is 24.5 Å². The molecule has 1 aliphatic rings. The zero-order valence-electron chi connectivity index (χ0n) is 8.82. The van der Waals surface area contributed by atoms with Crippen molar-refractivity contribution in [3.63, 3.8) is 0 Å². The maximum absolute atomic E-state index is 11.4. The lowest BCUT2D eigenvalue weighted by molar-refractivity contribution is -0.120. The number of nitrogens with zero attached hydrogens (tertiary/aromatic N) is 2. The molecule has 16 heavy (non-hydrogen) atoms. The second-order valence-electron chi connectivity index (χ2n) is 3.63. The largest absolute Gasteiger partial charge is 0.353 e. The van der Waals surface area contributed by atoms with Crippen molar-refractivity contribution in [3.05, 3.63) is 26.9 Å². The summed E-state index contributed by atoms with van der Waals surface area (Å²) < 4.78 is 0.980. The molecule has 1 aromatic rings. The Hall–Kier alpha value is -2.05. The summed E-state index contributed by atoms with van der Waals surface area (Å²) in [6, 6.07) is 1.32. The zero-order valence-corrected chi connectivity index (χ0v) is 8.82. The number of carbonyl (C=O) groups is 1. The molecule has 0 atom stereocenters. The average molecular weight is 224 g/mol. The van der Waals surface area contributed by atoms with Crippen molar-refractivity contribution in [1.29, 1.82) is 0 Å². The predicted octanol–water partition coefficient (Wildman–Crippen LogP) is -1.99. The fourth-order valence-corrected chi connectivity index (χ4v) is 1.56. The van der Waals surface area contributed by atoms with Gasteiger partial charge in [-0.1, -0.05) is 0 Å². The van der Waals surface area contributed by atoms with E-state index in [1.807, 2.05) is 0 Å². The average Bonchev–Trinajstić information content (AvgIpc) is 2.25. The highest BCUT2D eigenvalue weighted by molar-refractivity contribution is 5.82. The molecule has 0 unspecified atom stereocenters. The first-order valence-corrected chi connectivity index (χ1v) is 4.90. The monoisotopic (exact) mass is 224 g/mol. The second kappa shape index (κ2) is 3.84. The van der Waals surface area contributed by atoms with E-state index in [0.29, 0.717) is 18.9 Å². The first-order valence-electron chi connectivity index (χ1n) is 4.90. The van der Waals surface area contributed by atoms with Gasteiger partial charge in [0.05, 0.1) is 6.54 Å². The van der Waals surface area contributed by atoms with Gasteiger partial charge >= 0.3 is 5.69 Å². The van der Waals surface area contributed by atoms with Crippen LogP contribution in [0.25, 0.3) is 0 Å². The highest BCUT2D eigenvalue weighted by atomic mass is 16.2. The van der Waals surface area contributed by atoms with Crippen molar-refractivity contribution < 1.29 is 4.79 Å². The van der Waals surface area contributed by atoms with Crippen molar-refractivity contribution in [3.8, 4) is 0 Å². The van der Waals surface area contributed by atoms with E-state index in [1.54, 1.807) is 4.90 Å². The summed E-state index contributed by atoms with van der Waals surface area (Å²) in [5.41, 5.74) is -0.863. The molecular formula is C9H12N4O3. The third kappa shape index (κ3) is 1.83. The second-order valence-corrected chi connectivity index (χ2v) is 3.63. The van der Waals surface area contributed by atoms with Crippen LogP contribution in [0.5, 0.6) is 0 Å². The fourth-order valence-electron chi connectivity index (χ4n) is 1.56. The summed E-state index contributed by atoms with van der Waals surface area (Å²) in [5, 5.41) is 2.67. The maximum atomic E-state index is 11.4. The molecule has 0 spiro atoms. The van der Waals surface area contributed by atoms with Crippen LogP contribution in [0.2, 0.25) is 0 Å². The number of H-pyrrole nitrogens is 1. The third-order valence-electron chi connectivity index (χ3n) is 2.51. The molecular weight excluding hydrogens is 212 g/mol. The van der Waals surface area contributed by atoms with E-state index in [0.717, 1.165) is 4.57 Å². The summed E-state index contributed by atoms with van der Waals surface area (Å²) >= 11 is 0. The topological polar surface area (TPSA) is 87.2 Å². The van der Waals surface area contributed by atoms with Crippen molar-refractivity contribution in [2.24, 2.45) is 7.05 Å². The Labute approximate surface area is 90.7 Å². The van der Waals surface area contributed by atoms with Crippen molar-refractivity contribution in [1.82, 2.24) is 14.9 Å². The van der Waals surface area contributed by atoms with Crippen LogP contribution in [0.15, 0.2) is 15.7 Å². The Morgan fingerprint density at radius 1 is 1.31 bits per heavy atom. The lowest BCUT2D eigenvalue weighted by Gasteiger charge is -2.27. The minimum absolute atomic E-state index is 0.118. The summed E-state index contributed by atoms with van der Waals surface area (Å²) in [7, 11) is 1.40. The van der Waals surface area contributed by atoms with Crippen LogP contribution in [0.1, 0.15) is 0 Å². The van der Waals surface area contributed by atoms with Gasteiger partial charge in [0.25, 0.3) is 5.56 Å². The van der Waals surface area contributed by atoms with Crippen LogP contribution in [-0.2, 0) is 11.8 Å². The molecule has 2 rings (SSSR count). The minimum atomic E-state index is -0.478. The van der Waals surface area contributed by atoms with Gasteiger partial charge in [-0.2, -0.15) is 0 Å². The molecule has 7 heteroatoms. The highest BCUT2D eigenvalue weighted by Gasteiger charge is 2.17. The van der Waals surface area contributed by atoms with Gasteiger partial charge in [0.15, 0.2) is 0 Å². The third-order valence-corrected chi connectivity index (χ3v) is 2.51. The van der Waals surface area contributed by atoms with Crippen LogP contribution >= 0.6 is 0 Å². The molecule has 0 aromatic carbocycles. The Morgan fingerprint density at radius 3 is 2.69 bits per heavy atom. The molecule has 1 aliphatic heterocycles. The van der Waals surface area contributed by atoms with E-state index in [9.17, 15) is 14.4 Å². The van der Waals surface area contributed by atoms with Crippen LogP contribution in [-0.4, -0.2) is 35.1 Å². The summed E-state index contributed by atoms with van der Waals surface area (Å²) in [6.07, 6.45) is 0. The summed E-state index contributed by atoms with van der Waals surface area (Å²) in [5.74, 6) is 0.274. The molecule has 1 saturated heterocycles. The van der Waals surface area contributed by atoms with Gasteiger partial charge in [0.1, 0.15) is 5.82 Å². The normalized spacial score (nSPS) is 16.1. The Morgan fingerprint density at radius 2 is 2.06 bits per heavy atom. The standard InChI is InChI=1S/C9H12N4O3/c1-12-8(15)4-6(11-9(12)16)13-3-2-10-7(14)5-13/h4H,2-3,5H2,1H3,(H,10,14)(H,11,16). The highest BCUT2D eigenvalue weighted by Crippen LogP contribution is 2.06. The molecule has 1 fully saturated rings. The van der Waals surface area contributed by atoms with Crippen LogP contribution in [0.4, 0.5) is 5.82 Å². The molecule has 0 bridgehead atoms. The van der Waals surface area contributed by atoms with E-state index in [2.05, 4.69) is 10.3 Å². The number of piperazine rings is 1. The van der Waals surface area contributed by atoms with Crippen LogP contribution < -0.4 is 21.5 Å². The number of aromatic amines is 1. The lowest BCUT2D eigenvalue weighted by Crippen LogP contribution is -2.49. The first-order chi connectivity index (χ1) is 7.58. The van der Waals surface area contributed by atoms with E-state index in [1.165, 1.54) is 13.1 Å². The summed E-state index contributed by atoms with van der Waals surface area (Å²) in [4.78, 5) is 38.1. The van der Waals surface area contributed by atoms with Gasteiger partial charge < -0.3 is 10.2 Å². The molecule has 86 valence electrons. The van der Waals surface area contributed by atoms with Gasteiger partial charge in [0.2, 0.25) is 5.91 Å². The number of hydrogen-bond donors (Lipinski definition) is 2. The van der Waals surface area contributed by atoms with Gasteiger partial charge in [-0.25, -0.2) is 4.79 Å². The van der Waals surface area contributed by atoms with Crippen molar-refractivity contribution in [2.45, 2.75) is 0 Å². The molecule has 1 amide bonds. The Kier molecular flexibility index (Phi) is 2.51. The van der Waals surface area contributed by atoms with E-state index in [-0.39, 0.29) is 18.0 Å². The molecule has 7 nitrogen and oxygen atoms in total. The fraction of sp³-hybridized carbons (Fsp3) is 0.444. The molecule has 0 aliphatic carbocycles. The smallest absolute Gasteiger partial charge is 0.329 e. The van der Waals surface area contributed by atoms with Gasteiger partial charge in [-0.3, -0.25) is 19.1 Å². The Bertz CT molecular complexity index is 499. The van der Waals surface area contributed by atoms with E-state index >= 15 is 0 Å². The number of rotatable bonds is 1. The molecule has 2 heterocycles. The number of amides is 1. The number of carbonyl (C=O) groups excluding carboxylic acids is 1. The maximum Gasteiger partial charge on any atom is 0.329 e. The molecule has 0 radical (unpaired) electrons. The molecule has 0 saturated carbocycles. The van der Waals surface area contributed by atoms with E-state index < -0.39 is 5.69 Å². The quantitative estimate of drug-likeness (QED) is 0.578. The Balaban J connectivity index is 2.37. The molecule has 1 aromatic heterocycles. The van der Waals surface area contributed by atoms with Crippen LogP contribution in [0, 0.1) is 0 Å². The summed E-state index contributed by atoms with van der Waals surface area (Å²) in [6.45, 7) is 1.24. The van der Waals surface area contributed by atoms with E-state index in [4.69, 9.17) is 0 Å². The van der Waals surface area contributed by atoms with Gasteiger partial charge in [-0.05, 0) is 0 Å². The van der Waals surface area contributed by atoms with Gasteiger partial charge in [0, 0.05) is 26.2 Å². The first kappa shape index (κ1) is 10.5. The SMILES string of the molecule is Cn1c(=O)cc(N2CCNC(=O)C2)[nH]c1=O. The van der Waals surface area contributed by atoms with Crippen molar-refractivity contribution >= 4 is 11.7 Å². The number of nitrogens with one attached hydrogen (secondary N) is 2. The lowest BCUT2D eigenvalue weighted by atomic mass is 10.3. The number of anilines is 1. The predicted molar refractivity (Wildman–Crippen MR) is 57.5 cm³/mol. The van der Waals surface area contributed by atoms with Gasteiger partial charge in [-0.15, -0.1) is 0 Å². The zero-order chi connectivity index (χ0) is 11.7. The number of aromatic nitrogens is 2. The minimum Gasteiger partial charge on any atom is -0.353 e. The molecule has 2 N–H and O–H groups in total. The van der Waals surface area contributed by atoms with Crippen LogP contribution in [0.3, 0.4) is 0 Å².